The van der Waals surface area contributed by atoms with Crippen molar-refractivity contribution in [3.8, 4) is 55.9 Å². The Morgan fingerprint density at radius 3 is 1.46 bits per heavy atom. The molecule has 8 rings (SSSR count). The third-order valence-electron chi connectivity index (χ3n) is 10.4. The first-order valence-electron chi connectivity index (χ1n) is 16.7. The molecule has 0 N–H and O–H groups in total. The number of fused-ring (bicyclic) bond motifs is 1. The number of rotatable bonds is 6. The molecule has 1 aromatic heterocycles. The summed E-state index contributed by atoms with van der Waals surface area (Å²) in [6.45, 7) is 9.42. The molecular formula is C45H39N3. The van der Waals surface area contributed by atoms with Crippen LogP contribution in [0.4, 0.5) is 11.6 Å². The first-order chi connectivity index (χ1) is 23.4. The fraction of sp³-hybridized carbons (Fsp3) is 0.133. The van der Waals surface area contributed by atoms with E-state index in [0.717, 1.165) is 28.6 Å². The molecule has 0 amide bonds. The molecule has 234 valence electrons. The summed E-state index contributed by atoms with van der Waals surface area (Å²) in [6.07, 6.45) is 0. The number of benzene rings is 6. The van der Waals surface area contributed by atoms with Crippen LogP contribution in [0.15, 0.2) is 164 Å². The molecule has 7 aromatic rings. The van der Waals surface area contributed by atoms with E-state index >= 15 is 0 Å². The van der Waals surface area contributed by atoms with Crippen LogP contribution in [0.5, 0.6) is 0 Å². The predicted octanol–water partition coefficient (Wildman–Crippen LogP) is 11.9. The van der Waals surface area contributed by atoms with Gasteiger partial charge in [0.15, 0.2) is 0 Å². The van der Waals surface area contributed by atoms with Crippen LogP contribution in [0.3, 0.4) is 0 Å². The molecule has 0 aliphatic carbocycles. The van der Waals surface area contributed by atoms with Crippen molar-refractivity contribution in [3.05, 3.63) is 164 Å². The Hall–Kier alpha value is -5.67. The molecule has 0 bridgehead atoms. The van der Waals surface area contributed by atoms with Crippen LogP contribution < -0.4 is 4.90 Å². The molecule has 48 heavy (non-hydrogen) atoms. The highest BCUT2D eigenvalue weighted by molar-refractivity contribution is 5.95. The van der Waals surface area contributed by atoms with Crippen molar-refractivity contribution >= 4 is 11.6 Å². The summed E-state index contributed by atoms with van der Waals surface area (Å²) in [5.41, 5.74) is 12.0. The van der Waals surface area contributed by atoms with Crippen molar-refractivity contribution in [2.45, 2.75) is 38.8 Å². The summed E-state index contributed by atoms with van der Waals surface area (Å²) >= 11 is 0. The van der Waals surface area contributed by atoms with E-state index in [0.29, 0.717) is 0 Å². The SMILES string of the molecule is CC1(C)N(c2cccc(-c3ccccc3)c2)c2nc(-c3ccccc3-c3ccccc3)c(-c3ccccc3-c3ccccc3)n2C1(C)C. The summed E-state index contributed by atoms with van der Waals surface area (Å²) in [7, 11) is 0. The number of imidazole rings is 1. The monoisotopic (exact) mass is 621 g/mol. The number of hydrogen-bond donors (Lipinski definition) is 0. The second kappa shape index (κ2) is 11.5. The van der Waals surface area contributed by atoms with E-state index in [4.69, 9.17) is 4.98 Å². The molecule has 2 heterocycles. The van der Waals surface area contributed by atoms with E-state index in [1.807, 2.05) is 0 Å². The van der Waals surface area contributed by atoms with Gasteiger partial charge in [-0.05, 0) is 73.2 Å². The third kappa shape index (κ3) is 4.69. The normalized spacial score (nSPS) is 14.5. The Bertz CT molecular complexity index is 2230. The lowest BCUT2D eigenvalue weighted by Gasteiger charge is -2.42. The molecule has 0 unspecified atom stereocenters. The van der Waals surface area contributed by atoms with Crippen LogP contribution >= 0.6 is 0 Å². The van der Waals surface area contributed by atoms with Crippen LogP contribution in [0, 0.1) is 0 Å². The van der Waals surface area contributed by atoms with Crippen LogP contribution in [-0.4, -0.2) is 15.1 Å². The number of aromatic nitrogens is 2. The largest absolute Gasteiger partial charge is 0.304 e. The molecule has 0 saturated heterocycles. The fourth-order valence-electron chi connectivity index (χ4n) is 7.33. The number of hydrogen-bond acceptors (Lipinski definition) is 2. The minimum Gasteiger partial charge on any atom is -0.304 e. The molecule has 6 aromatic carbocycles. The van der Waals surface area contributed by atoms with Crippen molar-refractivity contribution in [1.82, 2.24) is 9.55 Å². The van der Waals surface area contributed by atoms with Gasteiger partial charge in [0.1, 0.15) is 0 Å². The maximum Gasteiger partial charge on any atom is 0.212 e. The molecule has 1 aliphatic rings. The maximum absolute atomic E-state index is 5.70. The van der Waals surface area contributed by atoms with Crippen LogP contribution in [0.25, 0.3) is 55.9 Å². The first kappa shape index (κ1) is 29.7. The molecule has 0 atom stereocenters. The van der Waals surface area contributed by atoms with Gasteiger partial charge in [0, 0.05) is 16.8 Å². The second-order valence-corrected chi connectivity index (χ2v) is 13.6. The van der Waals surface area contributed by atoms with Gasteiger partial charge >= 0.3 is 0 Å². The Morgan fingerprint density at radius 1 is 0.417 bits per heavy atom. The fourth-order valence-corrected chi connectivity index (χ4v) is 7.33. The van der Waals surface area contributed by atoms with Gasteiger partial charge in [0.25, 0.3) is 0 Å². The lowest BCUT2D eigenvalue weighted by Crippen LogP contribution is -2.50. The van der Waals surface area contributed by atoms with Gasteiger partial charge in [-0.25, -0.2) is 4.98 Å². The Balaban J connectivity index is 1.44. The van der Waals surface area contributed by atoms with E-state index in [9.17, 15) is 0 Å². The maximum atomic E-state index is 5.70. The lowest BCUT2D eigenvalue weighted by molar-refractivity contribution is 0.249. The highest BCUT2D eigenvalue weighted by Gasteiger charge is 2.54. The van der Waals surface area contributed by atoms with Gasteiger partial charge in [-0.3, -0.25) is 0 Å². The number of anilines is 2. The topological polar surface area (TPSA) is 21.1 Å². The van der Waals surface area contributed by atoms with E-state index in [2.05, 4.69) is 201 Å². The Labute approximate surface area is 283 Å². The Morgan fingerprint density at radius 2 is 0.875 bits per heavy atom. The molecule has 3 heteroatoms. The highest BCUT2D eigenvalue weighted by Crippen LogP contribution is 2.55. The molecule has 3 nitrogen and oxygen atoms in total. The smallest absolute Gasteiger partial charge is 0.212 e. The average Bonchev–Trinajstić information content (AvgIpc) is 3.59. The zero-order valence-corrected chi connectivity index (χ0v) is 27.9. The Kier molecular flexibility index (Phi) is 7.14. The predicted molar refractivity (Wildman–Crippen MR) is 201 cm³/mol. The van der Waals surface area contributed by atoms with E-state index in [1.165, 1.54) is 38.9 Å². The summed E-state index contributed by atoms with van der Waals surface area (Å²) in [6, 6.07) is 58.4. The van der Waals surface area contributed by atoms with Gasteiger partial charge in [0.2, 0.25) is 5.95 Å². The minimum atomic E-state index is -0.336. The minimum absolute atomic E-state index is 0.307. The van der Waals surface area contributed by atoms with Crippen molar-refractivity contribution < 1.29 is 0 Å². The summed E-state index contributed by atoms with van der Waals surface area (Å²) in [4.78, 5) is 8.16. The van der Waals surface area contributed by atoms with E-state index in [-0.39, 0.29) is 11.1 Å². The summed E-state index contributed by atoms with van der Waals surface area (Å²) in [5, 5.41) is 0. The molecular weight excluding hydrogens is 583 g/mol. The van der Waals surface area contributed by atoms with Crippen molar-refractivity contribution in [2.75, 3.05) is 4.90 Å². The summed E-state index contributed by atoms with van der Waals surface area (Å²) < 4.78 is 2.51. The molecule has 0 spiro atoms. The lowest BCUT2D eigenvalue weighted by atomic mass is 9.81. The van der Waals surface area contributed by atoms with Crippen LogP contribution in [0.1, 0.15) is 27.7 Å². The number of nitrogens with zero attached hydrogens (tertiary/aromatic N) is 3. The molecule has 1 aliphatic heterocycles. The van der Waals surface area contributed by atoms with Gasteiger partial charge in [-0.1, -0.05) is 152 Å². The van der Waals surface area contributed by atoms with Gasteiger partial charge in [-0.15, -0.1) is 0 Å². The van der Waals surface area contributed by atoms with Crippen LogP contribution in [0.2, 0.25) is 0 Å². The zero-order chi connectivity index (χ0) is 32.9. The quantitative estimate of drug-likeness (QED) is 0.184. The van der Waals surface area contributed by atoms with Crippen LogP contribution in [-0.2, 0) is 5.54 Å². The van der Waals surface area contributed by atoms with Crippen molar-refractivity contribution in [2.24, 2.45) is 0 Å². The zero-order valence-electron chi connectivity index (χ0n) is 27.9. The third-order valence-corrected chi connectivity index (χ3v) is 10.4. The van der Waals surface area contributed by atoms with Crippen molar-refractivity contribution in [1.29, 1.82) is 0 Å². The first-order valence-corrected chi connectivity index (χ1v) is 16.7. The van der Waals surface area contributed by atoms with E-state index < -0.39 is 0 Å². The van der Waals surface area contributed by atoms with Gasteiger partial charge in [0.05, 0.1) is 22.5 Å². The van der Waals surface area contributed by atoms with Crippen molar-refractivity contribution in [3.63, 3.8) is 0 Å². The second-order valence-electron chi connectivity index (χ2n) is 13.6. The molecule has 0 fully saturated rings. The molecule has 0 saturated carbocycles. The standard InChI is InChI=1S/C45H39N3/c1-44(2)45(3,4)48-42(40-30-17-15-28-38(40)34-23-12-7-13-24-34)41(39-29-16-14-27-37(39)33-21-10-6-11-22-33)46-43(48)47(44)36-26-18-25-35(31-36)32-19-8-5-9-20-32/h5-31H,1-4H3. The molecule has 0 radical (unpaired) electrons. The average molecular weight is 622 g/mol. The van der Waals surface area contributed by atoms with Gasteiger partial charge in [-0.2, -0.15) is 0 Å². The van der Waals surface area contributed by atoms with E-state index in [1.54, 1.807) is 0 Å². The summed E-state index contributed by atoms with van der Waals surface area (Å²) in [5.74, 6) is 0.950. The van der Waals surface area contributed by atoms with Gasteiger partial charge < -0.3 is 9.47 Å². The highest BCUT2D eigenvalue weighted by atomic mass is 15.4.